The molecule has 0 radical (unpaired) electrons. The Balaban J connectivity index is 2.15. The highest BCUT2D eigenvalue weighted by Gasteiger charge is 2.45. The van der Waals surface area contributed by atoms with Crippen LogP contribution in [0.1, 0.15) is 18.2 Å². The zero-order chi connectivity index (χ0) is 12.0. The van der Waals surface area contributed by atoms with Gasteiger partial charge in [-0.3, -0.25) is 14.9 Å². The molecule has 4 heteroatoms. The first-order chi connectivity index (χ1) is 8.09. The fourth-order valence-electron chi connectivity index (χ4n) is 2.16. The van der Waals surface area contributed by atoms with Crippen LogP contribution in [0, 0.1) is 0 Å². The summed E-state index contributed by atoms with van der Waals surface area (Å²) in [4.78, 5) is 24.1. The summed E-state index contributed by atoms with van der Waals surface area (Å²) in [6.07, 6.45) is 0.249. The molecule has 3 rings (SSSR count). The van der Waals surface area contributed by atoms with E-state index in [-0.39, 0.29) is 18.2 Å². The second kappa shape index (κ2) is 3.40. The number of hydrogen-bond acceptors (Lipinski definition) is 3. The molecule has 1 aliphatic heterocycles. The minimum absolute atomic E-state index is 0.185. The van der Waals surface area contributed by atoms with Crippen LogP contribution in [0.25, 0.3) is 10.1 Å². The lowest BCUT2D eigenvalue weighted by atomic mass is 9.87. The van der Waals surface area contributed by atoms with E-state index in [2.05, 4.69) is 5.32 Å². The normalized spacial score (nSPS) is 24.3. The number of amides is 2. The Labute approximate surface area is 102 Å². The van der Waals surface area contributed by atoms with E-state index >= 15 is 0 Å². The predicted molar refractivity (Wildman–Crippen MR) is 66.9 cm³/mol. The summed E-state index contributed by atoms with van der Waals surface area (Å²) in [6.45, 7) is 1.83. The minimum Gasteiger partial charge on any atom is -0.296 e. The van der Waals surface area contributed by atoms with Crippen LogP contribution in [-0.2, 0) is 15.0 Å². The summed E-state index contributed by atoms with van der Waals surface area (Å²) in [7, 11) is 0. The maximum Gasteiger partial charge on any atom is 0.238 e. The van der Waals surface area contributed by atoms with Gasteiger partial charge in [0.15, 0.2) is 0 Å². The number of carbonyl (C=O) groups excluding carboxylic acids is 2. The average Bonchev–Trinajstić information content (AvgIpc) is 2.81. The minimum atomic E-state index is -0.694. The first kappa shape index (κ1) is 10.5. The molecule has 1 atom stereocenters. The van der Waals surface area contributed by atoms with E-state index in [1.807, 2.05) is 37.3 Å². The van der Waals surface area contributed by atoms with Gasteiger partial charge in [0, 0.05) is 16.0 Å². The molecule has 0 saturated carbocycles. The third-order valence-electron chi connectivity index (χ3n) is 3.24. The summed E-state index contributed by atoms with van der Waals surface area (Å²) >= 11 is 1.59. The second-order valence-corrected chi connectivity index (χ2v) is 5.62. The first-order valence-electron chi connectivity index (χ1n) is 5.43. The summed E-state index contributed by atoms with van der Waals surface area (Å²) < 4.78 is 1.15. The highest BCUT2D eigenvalue weighted by molar-refractivity contribution is 7.19. The maximum atomic E-state index is 11.9. The van der Waals surface area contributed by atoms with Crippen molar-refractivity contribution in [3.63, 3.8) is 0 Å². The molecule has 1 aliphatic rings. The smallest absolute Gasteiger partial charge is 0.238 e. The highest BCUT2D eigenvalue weighted by Crippen LogP contribution is 2.39. The summed E-state index contributed by atoms with van der Waals surface area (Å²) in [5.74, 6) is -0.371. The van der Waals surface area contributed by atoms with Crippen molar-refractivity contribution in [2.24, 2.45) is 0 Å². The summed E-state index contributed by atoms with van der Waals surface area (Å²) in [6, 6.07) is 10.0. The lowest BCUT2D eigenvalue weighted by Crippen LogP contribution is -2.31. The molecule has 0 bridgehead atoms. The third kappa shape index (κ3) is 1.48. The third-order valence-corrected chi connectivity index (χ3v) is 4.62. The first-order valence-corrected chi connectivity index (χ1v) is 6.24. The molecule has 2 amide bonds. The van der Waals surface area contributed by atoms with Gasteiger partial charge < -0.3 is 0 Å². The number of imide groups is 1. The van der Waals surface area contributed by atoms with Gasteiger partial charge in [-0.15, -0.1) is 11.3 Å². The molecule has 2 heterocycles. The molecule has 17 heavy (non-hydrogen) atoms. The SMILES string of the molecule is CC1(c2cc3ccccc3s2)CC(=O)NC1=O. The van der Waals surface area contributed by atoms with Crippen molar-refractivity contribution in [1.82, 2.24) is 5.32 Å². The van der Waals surface area contributed by atoms with Gasteiger partial charge in [-0.05, 0) is 24.4 Å². The number of fused-ring (bicyclic) bond motifs is 1. The van der Waals surface area contributed by atoms with Crippen molar-refractivity contribution in [3.8, 4) is 0 Å². The van der Waals surface area contributed by atoms with Crippen molar-refractivity contribution in [2.75, 3.05) is 0 Å². The van der Waals surface area contributed by atoms with Crippen LogP contribution in [0.2, 0.25) is 0 Å². The Morgan fingerprint density at radius 2 is 2.06 bits per heavy atom. The van der Waals surface area contributed by atoms with Crippen LogP contribution in [0.15, 0.2) is 30.3 Å². The molecule has 1 aromatic heterocycles. The van der Waals surface area contributed by atoms with Gasteiger partial charge in [0.25, 0.3) is 0 Å². The summed E-state index contributed by atoms with van der Waals surface area (Å²) in [5, 5.41) is 3.50. The Bertz CT molecular complexity index is 598. The van der Waals surface area contributed by atoms with Gasteiger partial charge >= 0.3 is 0 Å². The van der Waals surface area contributed by atoms with Gasteiger partial charge in [0.2, 0.25) is 11.8 Å². The van der Waals surface area contributed by atoms with Gasteiger partial charge in [0.1, 0.15) is 0 Å². The number of nitrogens with one attached hydrogen (secondary N) is 1. The van der Waals surface area contributed by atoms with Gasteiger partial charge in [0.05, 0.1) is 5.41 Å². The number of thiophene rings is 1. The molecule has 2 aromatic rings. The van der Waals surface area contributed by atoms with Crippen molar-refractivity contribution >= 4 is 33.2 Å². The topological polar surface area (TPSA) is 46.2 Å². The fraction of sp³-hybridized carbons (Fsp3) is 0.231. The largest absolute Gasteiger partial charge is 0.296 e. The van der Waals surface area contributed by atoms with Crippen molar-refractivity contribution in [1.29, 1.82) is 0 Å². The molecule has 1 unspecified atom stereocenters. The Morgan fingerprint density at radius 1 is 1.29 bits per heavy atom. The number of rotatable bonds is 1. The lowest BCUT2D eigenvalue weighted by Gasteiger charge is -2.16. The van der Waals surface area contributed by atoms with Crippen LogP contribution < -0.4 is 5.32 Å². The molecule has 86 valence electrons. The van der Waals surface area contributed by atoms with E-state index < -0.39 is 5.41 Å². The Hall–Kier alpha value is -1.68. The predicted octanol–water partition coefficient (Wildman–Crippen LogP) is 2.21. The number of carbonyl (C=O) groups is 2. The van der Waals surface area contributed by atoms with E-state index in [0.717, 1.165) is 15.0 Å². The van der Waals surface area contributed by atoms with Crippen molar-refractivity contribution < 1.29 is 9.59 Å². The van der Waals surface area contributed by atoms with Gasteiger partial charge in [-0.25, -0.2) is 0 Å². The molecular formula is C13H11NO2S. The Morgan fingerprint density at radius 3 is 2.71 bits per heavy atom. The summed E-state index contributed by atoms with van der Waals surface area (Å²) in [5.41, 5.74) is -0.694. The van der Waals surface area contributed by atoms with Gasteiger partial charge in [-0.2, -0.15) is 0 Å². The monoisotopic (exact) mass is 245 g/mol. The van der Waals surface area contributed by atoms with E-state index in [1.54, 1.807) is 11.3 Å². The number of hydrogen-bond donors (Lipinski definition) is 1. The molecule has 3 nitrogen and oxygen atoms in total. The fourth-order valence-corrected chi connectivity index (χ4v) is 3.37. The maximum absolute atomic E-state index is 11.9. The van der Waals surface area contributed by atoms with Crippen LogP contribution in [-0.4, -0.2) is 11.8 Å². The zero-order valence-corrected chi connectivity index (χ0v) is 10.1. The van der Waals surface area contributed by atoms with Crippen LogP contribution in [0.3, 0.4) is 0 Å². The molecule has 1 fully saturated rings. The molecule has 0 spiro atoms. The van der Waals surface area contributed by atoms with E-state index in [9.17, 15) is 9.59 Å². The van der Waals surface area contributed by atoms with Crippen molar-refractivity contribution in [3.05, 3.63) is 35.2 Å². The highest BCUT2D eigenvalue weighted by atomic mass is 32.1. The standard InChI is InChI=1S/C13H11NO2S/c1-13(7-11(15)14-12(13)16)10-6-8-4-2-3-5-9(8)17-10/h2-6H,7H2,1H3,(H,14,15,16). The average molecular weight is 245 g/mol. The zero-order valence-electron chi connectivity index (χ0n) is 9.32. The second-order valence-electron chi connectivity index (χ2n) is 4.53. The van der Waals surface area contributed by atoms with E-state index in [0.29, 0.717) is 0 Å². The molecule has 1 N–H and O–H groups in total. The lowest BCUT2D eigenvalue weighted by molar-refractivity contribution is -0.126. The molecule has 1 saturated heterocycles. The number of benzene rings is 1. The van der Waals surface area contributed by atoms with Crippen LogP contribution >= 0.6 is 11.3 Å². The molecular weight excluding hydrogens is 234 g/mol. The molecule has 1 aromatic carbocycles. The molecule has 0 aliphatic carbocycles. The van der Waals surface area contributed by atoms with Crippen LogP contribution in [0.5, 0.6) is 0 Å². The van der Waals surface area contributed by atoms with E-state index in [4.69, 9.17) is 0 Å². The quantitative estimate of drug-likeness (QED) is 0.783. The Kier molecular flexibility index (Phi) is 2.10. The van der Waals surface area contributed by atoms with E-state index in [1.165, 1.54) is 0 Å². The van der Waals surface area contributed by atoms with Crippen LogP contribution in [0.4, 0.5) is 0 Å². The van der Waals surface area contributed by atoms with Gasteiger partial charge in [-0.1, -0.05) is 18.2 Å². The van der Waals surface area contributed by atoms with Crippen molar-refractivity contribution in [2.45, 2.75) is 18.8 Å².